The van der Waals surface area contributed by atoms with Gasteiger partial charge in [-0.15, -0.1) is 0 Å². The van der Waals surface area contributed by atoms with Crippen molar-refractivity contribution in [3.05, 3.63) is 59.7 Å². The lowest BCUT2D eigenvalue weighted by Crippen LogP contribution is -2.57. The molecule has 3 saturated heterocycles. The molecule has 1 atom stereocenters. The molecule has 2 bridgehead atoms. The van der Waals surface area contributed by atoms with E-state index in [1.54, 1.807) is 0 Å². The third-order valence-electron chi connectivity index (χ3n) is 5.95. The van der Waals surface area contributed by atoms with E-state index in [4.69, 9.17) is 0 Å². The Morgan fingerprint density at radius 1 is 1.00 bits per heavy atom. The van der Waals surface area contributed by atoms with Crippen molar-refractivity contribution in [2.75, 3.05) is 19.6 Å². The van der Waals surface area contributed by atoms with Gasteiger partial charge < -0.3 is 10.2 Å². The minimum atomic E-state index is 0.0635. The molecule has 3 heteroatoms. The number of benzene rings is 2. The first-order valence-electron chi connectivity index (χ1n) is 9.95. The van der Waals surface area contributed by atoms with Gasteiger partial charge in [-0.3, -0.25) is 4.79 Å². The van der Waals surface area contributed by atoms with Crippen LogP contribution in [0.5, 0.6) is 0 Å². The average molecular weight is 348 g/mol. The first kappa shape index (κ1) is 17.3. The predicted octanol–water partition coefficient (Wildman–Crippen LogP) is 4.13. The van der Waals surface area contributed by atoms with Crippen LogP contribution in [0.25, 0.3) is 11.1 Å². The number of carbonyl (C=O) groups excluding carboxylic acids is 1. The van der Waals surface area contributed by atoms with E-state index in [1.165, 1.54) is 43.5 Å². The van der Waals surface area contributed by atoms with Crippen molar-refractivity contribution < 1.29 is 4.79 Å². The molecule has 0 aromatic heterocycles. The average Bonchev–Trinajstić information content (AvgIpc) is 2.70. The first-order chi connectivity index (χ1) is 12.7. The largest absolute Gasteiger partial charge is 0.348 e. The molecule has 0 aliphatic carbocycles. The van der Waals surface area contributed by atoms with Crippen molar-refractivity contribution in [2.24, 2.45) is 5.92 Å². The number of carbonyl (C=O) groups is 1. The fourth-order valence-corrected chi connectivity index (χ4v) is 4.35. The number of aryl methyl sites for hydroxylation is 1. The number of nitrogens with one attached hydrogen (secondary N) is 1. The molecule has 26 heavy (non-hydrogen) atoms. The maximum atomic E-state index is 12.6. The quantitative estimate of drug-likeness (QED) is 0.881. The minimum Gasteiger partial charge on any atom is -0.348 e. The Labute approximate surface area is 156 Å². The molecule has 0 spiro atoms. The van der Waals surface area contributed by atoms with Crippen molar-refractivity contribution in [2.45, 2.75) is 38.6 Å². The summed E-state index contributed by atoms with van der Waals surface area (Å²) in [4.78, 5) is 15.1. The smallest absolute Gasteiger partial charge is 0.251 e. The second kappa shape index (κ2) is 7.63. The molecule has 3 heterocycles. The maximum absolute atomic E-state index is 12.6. The van der Waals surface area contributed by atoms with Crippen LogP contribution in [0.1, 0.15) is 42.1 Å². The summed E-state index contributed by atoms with van der Waals surface area (Å²) in [6.07, 6.45) is 4.73. The molecule has 3 aliphatic heterocycles. The fraction of sp³-hybridized carbons (Fsp3) is 0.435. The topological polar surface area (TPSA) is 32.3 Å². The molecule has 5 rings (SSSR count). The van der Waals surface area contributed by atoms with E-state index >= 15 is 0 Å². The molecule has 3 fully saturated rings. The molecular formula is C23H28N2O. The summed E-state index contributed by atoms with van der Waals surface area (Å²) in [5, 5.41) is 3.27. The lowest BCUT2D eigenvalue weighted by Gasteiger charge is -2.44. The number of fused-ring (bicyclic) bond motifs is 3. The molecule has 2 aromatic carbocycles. The summed E-state index contributed by atoms with van der Waals surface area (Å²) < 4.78 is 0. The lowest BCUT2D eigenvalue weighted by atomic mass is 9.84. The van der Waals surface area contributed by atoms with E-state index < -0.39 is 0 Å². The number of nitrogens with zero attached hydrogens (tertiary/aromatic N) is 1. The monoisotopic (exact) mass is 348 g/mol. The van der Waals surface area contributed by atoms with Crippen molar-refractivity contribution in [3.8, 4) is 11.1 Å². The van der Waals surface area contributed by atoms with Crippen molar-refractivity contribution >= 4 is 5.91 Å². The minimum absolute atomic E-state index is 0.0635. The van der Waals surface area contributed by atoms with Gasteiger partial charge in [0.05, 0.1) is 0 Å². The molecule has 136 valence electrons. The molecule has 3 aliphatic rings. The van der Waals surface area contributed by atoms with E-state index in [1.807, 2.05) is 12.1 Å². The normalized spacial score (nSPS) is 24.4. The first-order valence-corrected chi connectivity index (χ1v) is 9.95. The Kier molecular flexibility index (Phi) is 5.07. The second-order valence-electron chi connectivity index (χ2n) is 7.74. The molecule has 0 radical (unpaired) electrons. The van der Waals surface area contributed by atoms with Crippen LogP contribution in [0, 0.1) is 5.92 Å². The molecule has 0 saturated carbocycles. The predicted molar refractivity (Wildman–Crippen MR) is 106 cm³/mol. The standard InChI is InChI=1S/C23H28N2O/c1-2-3-17-4-6-18(7-5-17)19-8-10-21(11-9-19)23(26)24-22-16-25-14-12-20(22)13-15-25/h4-11,20,22H,2-3,12-16H2,1H3,(H,24,26)/t22-/m0/s1. The van der Waals surface area contributed by atoms with Crippen molar-refractivity contribution in [3.63, 3.8) is 0 Å². The Morgan fingerprint density at radius 3 is 2.15 bits per heavy atom. The number of amides is 1. The van der Waals surface area contributed by atoms with E-state index in [-0.39, 0.29) is 5.91 Å². The highest BCUT2D eigenvalue weighted by Gasteiger charge is 2.34. The van der Waals surface area contributed by atoms with Gasteiger partial charge in [-0.2, -0.15) is 0 Å². The van der Waals surface area contributed by atoms with Crippen LogP contribution >= 0.6 is 0 Å². The van der Waals surface area contributed by atoms with Gasteiger partial charge in [-0.05, 0) is 67.1 Å². The SMILES string of the molecule is CCCc1ccc(-c2ccc(C(=O)N[C@H]3CN4CCC3CC4)cc2)cc1. The fourth-order valence-electron chi connectivity index (χ4n) is 4.35. The maximum Gasteiger partial charge on any atom is 0.251 e. The van der Waals surface area contributed by atoms with Crippen LogP contribution in [0.4, 0.5) is 0 Å². The van der Waals surface area contributed by atoms with Gasteiger partial charge in [0, 0.05) is 18.2 Å². The van der Waals surface area contributed by atoms with Crippen LogP contribution in [-0.4, -0.2) is 36.5 Å². The second-order valence-corrected chi connectivity index (χ2v) is 7.74. The summed E-state index contributed by atoms with van der Waals surface area (Å²) in [5.74, 6) is 0.721. The van der Waals surface area contributed by atoms with Crippen LogP contribution in [0.15, 0.2) is 48.5 Å². The Bertz CT molecular complexity index is 743. The Balaban J connectivity index is 1.41. The van der Waals surface area contributed by atoms with E-state index in [0.717, 1.165) is 24.1 Å². The van der Waals surface area contributed by atoms with E-state index in [2.05, 4.69) is 53.5 Å². The van der Waals surface area contributed by atoms with E-state index in [0.29, 0.717) is 12.0 Å². The van der Waals surface area contributed by atoms with Crippen LogP contribution in [0.3, 0.4) is 0 Å². The summed E-state index contributed by atoms with van der Waals surface area (Å²) >= 11 is 0. The summed E-state index contributed by atoms with van der Waals surface area (Å²) in [7, 11) is 0. The van der Waals surface area contributed by atoms with Crippen molar-refractivity contribution in [1.82, 2.24) is 10.2 Å². The van der Waals surface area contributed by atoms with Gasteiger partial charge in [-0.1, -0.05) is 49.7 Å². The van der Waals surface area contributed by atoms with E-state index in [9.17, 15) is 4.79 Å². The van der Waals surface area contributed by atoms with Crippen LogP contribution in [0.2, 0.25) is 0 Å². The molecule has 3 nitrogen and oxygen atoms in total. The Hall–Kier alpha value is -2.13. The van der Waals surface area contributed by atoms with Crippen LogP contribution in [-0.2, 0) is 6.42 Å². The highest BCUT2D eigenvalue weighted by molar-refractivity contribution is 5.95. The van der Waals surface area contributed by atoms with Gasteiger partial charge in [0.1, 0.15) is 0 Å². The molecule has 2 aromatic rings. The highest BCUT2D eigenvalue weighted by atomic mass is 16.1. The number of hydrogen-bond donors (Lipinski definition) is 1. The third kappa shape index (κ3) is 3.68. The number of rotatable bonds is 5. The summed E-state index contributed by atoms with van der Waals surface area (Å²) in [6, 6.07) is 17.1. The summed E-state index contributed by atoms with van der Waals surface area (Å²) in [6.45, 7) is 5.61. The molecular weight excluding hydrogens is 320 g/mol. The third-order valence-corrected chi connectivity index (χ3v) is 5.95. The highest BCUT2D eigenvalue weighted by Crippen LogP contribution is 2.28. The zero-order valence-corrected chi connectivity index (χ0v) is 15.6. The molecule has 1 amide bonds. The van der Waals surface area contributed by atoms with Gasteiger partial charge in [0.15, 0.2) is 0 Å². The zero-order valence-electron chi connectivity index (χ0n) is 15.6. The molecule has 0 unspecified atom stereocenters. The Morgan fingerprint density at radius 2 is 1.62 bits per heavy atom. The van der Waals surface area contributed by atoms with Crippen molar-refractivity contribution in [1.29, 1.82) is 0 Å². The number of hydrogen-bond acceptors (Lipinski definition) is 2. The van der Waals surface area contributed by atoms with Crippen LogP contribution < -0.4 is 5.32 Å². The van der Waals surface area contributed by atoms with Gasteiger partial charge >= 0.3 is 0 Å². The zero-order chi connectivity index (χ0) is 17.9. The van der Waals surface area contributed by atoms with Gasteiger partial charge in [0.2, 0.25) is 0 Å². The lowest BCUT2D eigenvalue weighted by molar-refractivity contribution is 0.0620. The van der Waals surface area contributed by atoms with Gasteiger partial charge in [0.25, 0.3) is 5.91 Å². The molecule has 1 N–H and O–H groups in total. The van der Waals surface area contributed by atoms with Gasteiger partial charge in [-0.25, -0.2) is 0 Å². The number of piperidine rings is 3. The summed E-state index contributed by atoms with van der Waals surface area (Å²) in [5.41, 5.74) is 4.50.